The highest BCUT2D eigenvalue weighted by Gasteiger charge is 2.36. The Hall–Kier alpha value is -2.21. The van der Waals surface area contributed by atoms with Gasteiger partial charge in [0, 0.05) is 23.1 Å². The van der Waals surface area contributed by atoms with Crippen LogP contribution in [0.2, 0.25) is 0 Å². The van der Waals surface area contributed by atoms with Crippen LogP contribution in [0.25, 0.3) is 0 Å². The molecule has 3 rings (SSSR count). The van der Waals surface area contributed by atoms with E-state index in [1.54, 1.807) is 49.4 Å². The first kappa shape index (κ1) is 16.6. The first-order chi connectivity index (χ1) is 11.5. The van der Waals surface area contributed by atoms with E-state index < -0.39 is 11.9 Å². The highest BCUT2D eigenvalue weighted by molar-refractivity contribution is 9.10. The molecule has 1 heterocycles. The van der Waals surface area contributed by atoms with Gasteiger partial charge in [-0.1, -0.05) is 28.1 Å². The minimum atomic E-state index is -0.644. The number of piperazine rings is 1. The van der Waals surface area contributed by atoms with E-state index in [0.717, 1.165) is 4.47 Å². The molecule has 0 saturated carbocycles. The third kappa shape index (κ3) is 3.06. The zero-order chi connectivity index (χ0) is 17.3. The summed E-state index contributed by atoms with van der Waals surface area (Å²) < 4.78 is 14.8. The first-order valence-corrected chi connectivity index (χ1v) is 8.41. The van der Waals surface area contributed by atoms with E-state index in [2.05, 4.69) is 15.9 Å². The lowest BCUT2D eigenvalue weighted by molar-refractivity contribution is -0.124. The summed E-state index contributed by atoms with van der Waals surface area (Å²) in [5.74, 6) is -0.918. The van der Waals surface area contributed by atoms with Crippen LogP contribution >= 0.6 is 15.9 Å². The molecule has 124 valence electrons. The second kappa shape index (κ2) is 6.73. The molecular weight excluding hydrogens is 375 g/mol. The van der Waals surface area contributed by atoms with Crippen molar-refractivity contribution < 1.29 is 14.0 Å². The van der Waals surface area contributed by atoms with Crippen molar-refractivity contribution in [2.24, 2.45) is 0 Å². The summed E-state index contributed by atoms with van der Waals surface area (Å²) in [6, 6.07) is 12.5. The molecular formula is C18H16BrFN2O2. The average Bonchev–Trinajstić information content (AvgIpc) is 2.58. The van der Waals surface area contributed by atoms with E-state index in [0.29, 0.717) is 12.1 Å². The van der Waals surface area contributed by atoms with Gasteiger partial charge in [0.25, 0.3) is 5.91 Å². The number of carbonyl (C=O) groups excluding carboxylic acids is 2. The molecule has 6 heteroatoms. The van der Waals surface area contributed by atoms with Gasteiger partial charge < -0.3 is 9.80 Å². The monoisotopic (exact) mass is 390 g/mol. The minimum Gasteiger partial charge on any atom is -0.325 e. The molecule has 1 aliphatic rings. The average molecular weight is 391 g/mol. The Labute approximate surface area is 148 Å². The molecule has 0 radical (unpaired) electrons. The van der Waals surface area contributed by atoms with E-state index in [4.69, 9.17) is 0 Å². The van der Waals surface area contributed by atoms with Gasteiger partial charge in [-0.3, -0.25) is 9.59 Å². The summed E-state index contributed by atoms with van der Waals surface area (Å²) in [6.45, 7) is 2.30. The molecule has 4 nitrogen and oxygen atoms in total. The van der Waals surface area contributed by atoms with Crippen molar-refractivity contribution in [3.8, 4) is 0 Å². The lowest BCUT2D eigenvalue weighted by Gasteiger charge is -2.39. The van der Waals surface area contributed by atoms with Crippen molar-refractivity contribution in [2.45, 2.75) is 13.0 Å². The van der Waals surface area contributed by atoms with Crippen LogP contribution in [0.1, 0.15) is 17.3 Å². The fourth-order valence-corrected chi connectivity index (χ4v) is 3.08. The van der Waals surface area contributed by atoms with Gasteiger partial charge in [0.1, 0.15) is 11.9 Å². The SMILES string of the molecule is C[C@@H]1C(=O)N(c2ccccc2F)CCN1C(=O)c1ccc(Br)cc1. The molecule has 24 heavy (non-hydrogen) atoms. The lowest BCUT2D eigenvalue weighted by atomic mass is 10.1. The molecule has 2 aromatic rings. The van der Waals surface area contributed by atoms with Gasteiger partial charge in [-0.05, 0) is 43.3 Å². The van der Waals surface area contributed by atoms with Crippen molar-refractivity contribution in [1.82, 2.24) is 4.90 Å². The smallest absolute Gasteiger partial charge is 0.254 e. The lowest BCUT2D eigenvalue weighted by Crippen LogP contribution is -2.58. The number of carbonyl (C=O) groups is 2. The van der Waals surface area contributed by atoms with Crippen LogP contribution in [0.5, 0.6) is 0 Å². The van der Waals surface area contributed by atoms with Crippen LogP contribution in [0, 0.1) is 5.82 Å². The zero-order valence-electron chi connectivity index (χ0n) is 13.1. The predicted molar refractivity (Wildman–Crippen MR) is 93.4 cm³/mol. The second-order valence-electron chi connectivity index (χ2n) is 5.62. The van der Waals surface area contributed by atoms with E-state index in [-0.39, 0.29) is 24.0 Å². The minimum absolute atomic E-state index is 0.198. The fraction of sp³-hybridized carbons (Fsp3) is 0.222. The quantitative estimate of drug-likeness (QED) is 0.787. The van der Waals surface area contributed by atoms with Crippen molar-refractivity contribution in [2.75, 3.05) is 18.0 Å². The number of hydrogen-bond donors (Lipinski definition) is 0. The van der Waals surface area contributed by atoms with E-state index in [1.165, 1.54) is 15.9 Å². The van der Waals surface area contributed by atoms with Crippen LogP contribution in [0.4, 0.5) is 10.1 Å². The van der Waals surface area contributed by atoms with Crippen LogP contribution in [-0.4, -0.2) is 35.8 Å². The number of hydrogen-bond acceptors (Lipinski definition) is 2. The highest BCUT2D eigenvalue weighted by Crippen LogP contribution is 2.24. The van der Waals surface area contributed by atoms with Gasteiger partial charge in [0.2, 0.25) is 5.91 Å². The number of halogens is 2. The molecule has 0 aliphatic carbocycles. The van der Waals surface area contributed by atoms with E-state index >= 15 is 0 Å². The maximum atomic E-state index is 14.0. The van der Waals surface area contributed by atoms with Crippen molar-refractivity contribution in [1.29, 1.82) is 0 Å². The summed E-state index contributed by atoms with van der Waals surface area (Å²) in [6.07, 6.45) is 0. The maximum absolute atomic E-state index is 14.0. The molecule has 0 unspecified atom stereocenters. The Balaban J connectivity index is 1.81. The predicted octanol–water partition coefficient (Wildman–Crippen LogP) is 3.47. The number of nitrogens with zero attached hydrogens (tertiary/aromatic N) is 2. The van der Waals surface area contributed by atoms with Gasteiger partial charge in [0.05, 0.1) is 5.69 Å². The Morgan fingerprint density at radius 3 is 2.46 bits per heavy atom. The second-order valence-corrected chi connectivity index (χ2v) is 6.54. The van der Waals surface area contributed by atoms with Gasteiger partial charge >= 0.3 is 0 Å². The molecule has 2 aromatic carbocycles. The van der Waals surface area contributed by atoms with E-state index in [1.807, 2.05) is 0 Å². The third-order valence-corrected chi connectivity index (χ3v) is 4.68. The molecule has 0 aromatic heterocycles. The van der Waals surface area contributed by atoms with Crippen molar-refractivity contribution in [3.05, 3.63) is 64.4 Å². The summed E-state index contributed by atoms with van der Waals surface area (Å²) in [5, 5.41) is 0. The van der Waals surface area contributed by atoms with Gasteiger partial charge in [-0.15, -0.1) is 0 Å². The van der Waals surface area contributed by atoms with Crippen molar-refractivity contribution in [3.63, 3.8) is 0 Å². The molecule has 0 N–H and O–H groups in total. The molecule has 0 bridgehead atoms. The largest absolute Gasteiger partial charge is 0.325 e. The van der Waals surface area contributed by atoms with Crippen LogP contribution in [0.3, 0.4) is 0 Å². The molecule has 0 spiro atoms. The van der Waals surface area contributed by atoms with Crippen molar-refractivity contribution >= 4 is 33.4 Å². The summed E-state index contributed by atoms with van der Waals surface area (Å²) in [4.78, 5) is 28.2. The number of para-hydroxylation sites is 1. The molecule has 1 saturated heterocycles. The van der Waals surface area contributed by atoms with E-state index in [9.17, 15) is 14.0 Å². The third-order valence-electron chi connectivity index (χ3n) is 4.15. The number of rotatable bonds is 2. The summed E-state index contributed by atoms with van der Waals surface area (Å²) in [5.41, 5.74) is 0.780. The number of anilines is 1. The maximum Gasteiger partial charge on any atom is 0.254 e. The fourth-order valence-electron chi connectivity index (χ4n) is 2.82. The molecule has 1 fully saturated rings. The highest BCUT2D eigenvalue weighted by atomic mass is 79.9. The number of amides is 2. The first-order valence-electron chi connectivity index (χ1n) is 7.61. The number of benzene rings is 2. The Bertz CT molecular complexity index is 779. The Kier molecular flexibility index (Phi) is 4.66. The molecule has 2 amide bonds. The Morgan fingerprint density at radius 1 is 1.12 bits per heavy atom. The summed E-state index contributed by atoms with van der Waals surface area (Å²) >= 11 is 3.33. The Morgan fingerprint density at radius 2 is 1.79 bits per heavy atom. The standard InChI is InChI=1S/C18H16BrFN2O2/c1-12-17(23)22(16-5-3-2-4-15(16)20)11-10-21(12)18(24)13-6-8-14(19)9-7-13/h2-9,12H,10-11H2,1H3/t12-/m1/s1. The molecule has 1 atom stereocenters. The molecule has 1 aliphatic heterocycles. The van der Waals surface area contributed by atoms with Crippen LogP contribution < -0.4 is 4.90 Å². The van der Waals surface area contributed by atoms with Crippen LogP contribution in [0.15, 0.2) is 53.0 Å². The van der Waals surface area contributed by atoms with Gasteiger partial charge in [-0.2, -0.15) is 0 Å². The van der Waals surface area contributed by atoms with Crippen LogP contribution in [-0.2, 0) is 4.79 Å². The zero-order valence-corrected chi connectivity index (χ0v) is 14.7. The summed E-state index contributed by atoms with van der Waals surface area (Å²) in [7, 11) is 0. The topological polar surface area (TPSA) is 40.6 Å². The van der Waals surface area contributed by atoms with Gasteiger partial charge in [-0.25, -0.2) is 4.39 Å². The van der Waals surface area contributed by atoms with Gasteiger partial charge in [0.15, 0.2) is 0 Å². The normalized spacial score (nSPS) is 18.0.